The first-order valence-electron chi connectivity index (χ1n) is 3.18. The number of allylic oxidation sites excluding steroid dienone is 1. The summed E-state index contributed by atoms with van der Waals surface area (Å²) in [7, 11) is 0. The van der Waals surface area contributed by atoms with Crippen molar-refractivity contribution in [3.8, 4) is 0 Å². The summed E-state index contributed by atoms with van der Waals surface area (Å²) in [5.74, 6) is 0. The van der Waals surface area contributed by atoms with E-state index < -0.39 is 0 Å². The summed E-state index contributed by atoms with van der Waals surface area (Å²) in [5.41, 5.74) is 5.46. The van der Waals surface area contributed by atoms with Crippen molar-refractivity contribution in [3.05, 3.63) is 23.5 Å². The first-order chi connectivity index (χ1) is 4.86. The molecule has 2 rings (SSSR count). The summed E-state index contributed by atoms with van der Waals surface area (Å²) in [4.78, 5) is 0. The zero-order valence-corrected chi connectivity index (χ0v) is 6.15. The van der Waals surface area contributed by atoms with E-state index in [1.165, 1.54) is 5.57 Å². The van der Waals surface area contributed by atoms with Crippen molar-refractivity contribution in [2.24, 2.45) is 0 Å². The van der Waals surface area contributed by atoms with E-state index in [0.29, 0.717) is 0 Å². The molecule has 3 nitrogen and oxygen atoms in total. The van der Waals surface area contributed by atoms with E-state index in [-0.39, 0.29) is 0 Å². The van der Waals surface area contributed by atoms with Crippen LogP contribution in [0.15, 0.2) is 23.5 Å². The van der Waals surface area contributed by atoms with Gasteiger partial charge < -0.3 is 10.7 Å². The molecular weight excluding hydrogens is 150 g/mol. The number of rotatable bonds is 0. The van der Waals surface area contributed by atoms with Crippen molar-refractivity contribution in [1.82, 2.24) is 15.3 Å². The third kappa shape index (κ3) is 0.874. The van der Waals surface area contributed by atoms with Crippen LogP contribution in [0.1, 0.15) is 0 Å². The Hall–Kier alpha value is -0.670. The molecular formula is C6H8ClN3. The first-order valence-corrected chi connectivity index (χ1v) is 3.52. The fourth-order valence-electron chi connectivity index (χ4n) is 1.13. The van der Waals surface area contributed by atoms with Crippen LogP contribution in [0.25, 0.3) is 0 Å². The molecule has 2 aliphatic heterocycles. The van der Waals surface area contributed by atoms with Crippen molar-refractivity contribution in [1.29, 1.82) is 0 Å². The molecule has 0 aromatic rings. The lowest BCUT2D eigenvalue weighted by Crippen LogP contribution is -2.21. The molecule has 0 unspecified atom stereocenters. The second-order valence-electron chi connectivity index (χ2n) is 2.36. The Bertz CT molecular complexity index is 209. The Kier molecular flexibility index (Phi) is 1.32. The molecule has 0 bridgehead atoms. The average molecular weight is 158 g/mol. The lowest BCUT2D eigenvalue weighted by molar-refractivity contribution is 0.451. The molecule has 54 valence electrons. The molecule has 0 atom stereocenters. The predicted octanol–water partition coefficient (Wildman–Crippen LogP) is 0.331. The lowest BCUT2D eigenvalue weighted by Gasteiger charge is -2.07. The van der Waals surface area contributed by atoms with E-state index in [0.717, 1.165) is 18.8 Å². The molecule has 2 aliphatic rings. The smallest absolute Gasteiger partial charge is 0.0597 e. The van der Waals surface area contributed by atoms with Gasteiger partial charge in [0.15, 0.2) is 0 Å². The van der Waals surface area contributed by atoms with Crippen LogP contribution in [0.3, 0.4) is 0 Å². The maximum atomic E-state index is 5.71. The van der Waals surface area contributed by atoms with E-state index in [2.05, 4.69) is 10.7 Å². The third-order valence-electron chi connectivity index (χ3n) is 1.64. The lowest BCUT2D eigenvalue weighted by atomic mass is 10.2. The van der Waals surface area contributed by atoms with Crippen molar-refractivity contribution in [3.63, 3.8) is 0 Å². The van der Waals surface area contributed by atoms with Gasteiger partial charge in [-0.2, -0.15) is 0 Å². The molecule has 0 aromatic heterocycles. The van der Waals surface area contributed by atoms with E-state index in [1.807, 2.05) is 12.3 Å². The fraction of sp³-hybridized carbons (Fsp3) is 0.333. The second kappa shape index (κ2) is 2.18. The van der Waals surface area contributed by atoms with Crippen molar-refractivity contribution < 1.29 is 0 Å². The third-order valence-corrected chi connectivity index (χ3v) is 1.84. The number of hydrogen-bond acceptors (Lipinski definition) is 3. The Balaban J connectivity index is 2.21. The van der Waals surface area contributed by atoms with Gasteiger partial charge in [0, 0.05) is 18.3 Å². The van der Waals surface area contributed by atoms with Crippen LogP contribution in [0.5, 0.6) is 0 Å². The molecule has 2 heterocycles. The molecule has 2 N–H and O–H groups in total. The van der Waals surface area contributed by atoms with Crippen molar-refractivity contribution in [2.45, 2.75) is 0 Å². The van der Waals surface area contributed by atoms with Gasteiger partial charge in [0.1, 0.15) is 0 Å². The molecule has 0 amide bonds. The van der Waals surface area contributed by atoms with Crippen LogP contribution in [0.4, 0.5) is 0 Å². The molecule has 0 fully saturated rings. The number of hydrazine groups is 1. The van der Waals surface area contributed by atoms with Crippen LogP contribution in [-0.2, 0) is 0 Å². The van der Waals surface area contributed by atoms with E-state index in [9.17, 15) is 0 Å². The van der Waals surface area contributed by atoms with Gasteiger partial charge in [-0.1, -0.05) is 0 Å². The van der Waals surface area contributed by atoms with Gasteiger partial charge in [-0.25, -0.2) is 0 Å². The van der Waals surface area contributed by atoms with E-state index >= 15 is 0 Å². The Morgan fingerprint density at radius 2 is 2.50 bits per heavy atom. The van der Waals surface area contributed by atoms with Crippen LogP contribution in [0, 0.1) is 0 Å². The van der Waals surface area contributed by atoms with Gasteiger partial charge in [-0.3, -0.25) is 0 Å². The SMILES string of the molecule is ClN1CC2=C(C=CNC2)N1. The standard InChI is InChI=1S/C6H8ClN3/c7-10-4-5-3-8-2-1-6(5)9-10/h1-2,8-9H,3-4H2. The molecule has 0 aliphatic carbocycles. The number of halogens is 1. The summed E-state index contributed by atoms with van der Waals surface area (Å²) >= 11 is 5.71. The van der Waals surface area contributed by atoms with Crippen LogP contribution >= 0.6 is 11.8 Å². The number of dihydropyridines is 1. The highest BCUT2D eigenvalue weighted by Gasteiger charge is 2.18. The number of hydrogen-bond donors (Lipinski definition) is 2. The molecule has 0 saturated heterocycles. The second-order valence-corrected chi connectivity index (χ2v) is 2.77. The minimum Gasteiger partial charge on any atom is -0.387 e. The Morgan fingerprint density at radius 3 is 3.30 bits per heavy atom. The number of nitrogens with zero attached hydrogens (tertiary/aromatic N) is 1. The van der Waals surface area contributed by atoms with Gasteiger partial charge in [-0.05, 0) is 17.8 Å². The first kappa shape index (κ1) is 6.07. The highest BCUT2D eigenvalue weighted by atomic mass is 35.5. The van der Waals surface area contributed by atoms with Crippen LogP contribution < -0.4 is 10.7 Å². The highest BCUT2D eigenvalue weighted by molar-refractivity contribution is 6.13. The van der Waals surface area contributed by atoms with Gasteiger partial charge in [-0.15, -0.1) is 4.53 Å². The molecule has 4 heteroatoms. The topological polar surface area (TPSA) is 27.3 Å². The maximum Gasteiger partial charge on any atom is 0.0597 e. The minimum atomic E-state index is 0.800. The summed E-state index contributed by atoms with van der Waals surface area (Å²) < 4.78 is 1.56. The van der Waals surface area contributed by atoms with E-state index in [1.54, 1.807) is 4.53 Å². The maximum absolute atomic E-state index is 5.71. The summed E-state index contributed by atoms with van der Waals surface area (Å²) in [6, 6.07) is 0. The molecule has 0 spiro atoms. The molecule has 0 saturated carbocycles. The average Bonchev–Trinajstić information content (AvgIpc) is 2.27. The Labute approximate surface area is 64.4 Å². The summed E-state index contributed by atoms with van der Waals surface area (Å²) in [6.45, 7) is 1.70. The van der Waals surface area contributed by atoms with E-state index in [4.69, 9.17) is 11.8 Å². The summed E-state index contributed by atoms with van der Waals surface area (Å²) in [6.07, 6.45) is 3.91. The normalized spacial score (nSPS) is 24.1. The fourth-order valence-corrected chi connectivity index (χ4v) is 1.37. The zero-order chi connectivity index (χ0) is 6.97. The van der Waals surface area contributed by atoms with Gasteiger partial charge in [0.05, 0.1) is 12.2 Å². The zero-order valence-electron chi connectivity index (χ0n) is 5.39. The summed E-state index contributed by atoms with van der Waals surface area (Å²) in [5, 5.41) is 3.11. The monoisotopic (exact) mass is 157 g/mol. The van der Waals surface area contributed by atoms with Gasteiger partial charge in [0.2, 0.25) is 0 Å². The quantitative estimate of drug-likeness (QED) is 0.497. The van der Waals surface area contributed by atoms with Crippen molar-refractivity contribution >= 4 is 11.8 Å². The van der Waals surface area contributed by atoms with Crippen LogP contribution in [-0.4, -0.2) is 17.6 Å². The highest BCUT2D eigenvalue weighted by Crippen LogP contribution is 2.16. The van der Waals surface area contributed by atoms with Crippen molar-refractivity contribution in [2.75, 3.05) is 13.1 Å². The molecule has 0 radical (unpaired) electrons. The predicted molar refractivity (Wildman–Crippen MR) is 39.9 cm³/mol. The minimum absolute atomic E-state index is 0.800. The molecule has 10 heavy (non-hydrogen) atoms. The van der Waals surface area contributed by atoms with Gasteiger partial charge >= 0.3 is 0 Å². The molecule has 0 aromatic carbocycles. The van der Waals surface area contributed by atoms with Crippen LogP contribution in [0.2, 0.25) is 0 Å². The number of nitrogens with one attached hydrogen (secondary N) is 2. The largest absolute Gasteiger partial charge is 0.387 e. The Morgan fingerprint density at radius 1 is 1.60 bits per heavy atom. The van der Waals surface area contributed by atoms with Gasteiger partial charge in [0.25, 0.3) is 0 Å².